The smallest absolute Gasteiger partial charge is 0.336 e. The molecule has 1 aromatic carbocycles. The number of fused-ring (bicyclic) bond motifs is 1. The van der Waals surface area contributed by atoms with Crippen LogP contribution in [0.1, 0.15) is 13.8 Å². The Kier molecular flexibility index (Phi) is 6.38. The van der Waals surface area contributed by atoms with Crippen molar-refractivity contribution in [3.05, 3.63) is 40.8 Å². The Morgan fingerprint density at radius 1 is 1.27 bits per heavy atom. The van der Waals surface area contributed by atoms with Crippen LogP contribution in [0.5, 0.6) is 0 Å². The Labute approximate surface area is 138 Å². The lowest BCUT2D eigenvalue weighted by molar-refractivity contribution is -0.0730. The summed E-state index contributed by atoms with van der Waals surface area (Å²) >= 11 is 6.60. The fourth-order valence-corrected chi connectivity index (χ4v) is 2.89. The molecule has 0 aliphatic rings. The number of anilines is 1. The molecule has 2 rings (SSSR count). The Morgan fingerprint density at radius 2 is 2.00 bits per heavy atom. The van der Waals surface area contributed by atoms with E-state index in [1.54, 1.807) is 18.2 Å². The monoisotopic (exact) mass is 339 g/mol. The molecule has 0 saturated heterocycles. The van der Waals surface area contributed by atoms with Crippen molar-refractivity contribution in [3.8, 4) is 0 Å². The van der Waals surface area contributed by atoms with E-state index in [0.717, 1.165) is 11.1 Å². The first-order valence-electron chi connectivity index (χ1n) is 6.87. The molecule has 1 N–H and O–H groups in total. The van der Waals surface area contributed by atoms with E-state index in [9.17, 15) is 4.79 Å². The summed E-state index contributed by atoms with van der Waals surface area (Å²) in [6.07, 6.45) is 0. The second-order valence-electron chi connectivity index (χ2n) is 4.24. The van der Waals surface area contributed by atoms with Gasteiger partial charge in [0.2, 0.25) is 5.62 Å². The highest BCUT2D eigenvalue weighted by Crippen LogP contribution is 2.21. The molecular weight excluding hydrogens is 322 g/mol. The molecule has 0 radical (unpaired) electrons. The van der Waals surface area contributed by atoms with E-state index < -0.39 is 5.62 Å². The van der Waals surface area contributed by atoms with E-state index in [-0.39, 0.29) is 5.63 Å². The Hall–Kier alpha value is -1.41. The number of benzene rings is 1. The van der Waals surface area contributed by atoms with Crippen molar-refractivity contribution in [3.63, 3.8) is 0 Å². The molecule has 7 heteroatoms. The third-order valence-electron chi connectivity index (χ3n) is 2.67. The Balaban J connectivity index is 2.04. The maximum absolute atomic E-state index is 11.2. The molecule has 0 unspecified atom stereocenters. The van der Waals surface area contributed by atoms with Crippen LogP contribution in [0, 0.1) is 0 Å². The van der Waals surface area contributed by atoms with Gasteiger partial charge in [0.05, 0.1) is 0 Å². The third kappa shape index (κ3) is 4.81. The summed E-state index contributed by atoms with van der Waals surface area (Å²) in [6, 6.07) is 8.50. The van der Waals surface area contributed by atoms with Gasteiger partial charge in [-0.25, -0.2) is 4.79 Å². The molecule has 1 heterocycles. The molecule has 0 spiro atoms. The molecule has 0 bridgehead atoms. The molecule has 0 amide bonds. The van der Waals surface area contributed by atoms with Crippen LogP contribution in [0.25, 0.3) is 11.0 Å². The zero-order chi connectivity index (χ0) is 15.9. The normalized spacial score (nSPS) is 11.0. The van der Waals surface area contributed by atoms with Gasteiger partial charge in [-0.2, -0.15) is 0 Å². The van der Waals surface area contributed by atoms with E-state index in [1.165, 1.54) is 17.8 Å². The van der Waals surface area contributed by atoms with Crippen molar-refractivity contribution < 1.29 is 13.9 Å². The van der Waals surface area contributed by atoms with E-state index in [2.05, 4.69) is 5.32 Å². The van der Waals surface area contributed by atoms with Gasteiger partial charge in [-0.15, -0.1) is 0 Å². The molecule has 1 aromatic heterocycles. The molecule has 2 aromatic rings. The summed E-state index contributed by atoms with van der Waals surface area (Å²) in [4.78, 5) is 11.2. The van der Waals surface area contributed by atoms with Gasteiger partial charge < -0.3 is 19.2 Å². The number of ether oxygens (including phenoxy) is 2. The van der Waals surface area contributed by atoms with Crippen LogP contribution >= 0.6 is 24.0 Å². The van der Waals surface area contributed by atoms with Crippen LogP contribution in [0.2, 0.25) is 0 Å². The predicted octanol–water partition coefficient (Wildman–Crippen LogP) is 3.58. The van der Waals surface area contributed by atoms with Gasteiger partial charge in [0, 0.05) is 30.4 Å². The summed E-state index contributed by atoms with van der Waals surface area (Å²) in [7, 11) is 0. The quantitative estimate of drug-likeness (QED) is 0.490. The lowest BCUT2D eigenvalue weighted by Gasteiger charge is -2.17. The minimum absolute atomic E-state index is 0.365. The molecule has 22 heavy (non-hydrogen) atoms. The van der Waals surface area contributed by atoms with Crippen molar-refractivity contribution in [2.45, 2.75) is 19.5 Å². The van der Waals surface area contributed by atoms with Crippen LogP contribution in [0.4, 0.5) is 5.69 Å². The predicted molar refractivity (Wildman–Crippen MR) is 93.3 cm³/mol. The molecule has 0 aliphatic carbocycles. The number of hydrogen-bond donors (Lipinski definition) is 1. The molecule has 0 atom stereocenters. The highest BCUT2D eigenvalue weighted by Gasteiger charge is 2.12. The molecule has 0 saturated carbocycles. The number of thioether (sulfide) groups is 1. The Morgan fingerprint density at radius 3 is 2.68 bits per heavy atom. The topological polar surface area (TPSA) is 60.7 Å². The van der Waals surface area contributed by atoms with Gasteiger partial charge in [-0.3, -0.25) is 0 Å². The minimum Gasteiger partial charge on any atom is -0.423 e. The SMILES string of the molecule is CCOC(OCC)SC(=S)Nc1ccc2oc(=O)ccc2c1. The van der Waals surface area contributed by atoms with Crippen LogP contribution in [0.3, 0.4) is 0 Å². The maximum Gasteiger partial charge on any atom is 0.336 e. The minimum atomic E-state index is -0.423. The fraction of sp³-hybridized carbons (Fsp3) is 0.333. The van der Waals surface area contributed by atoms with Gasteiger partial charge in [0.15, 0.2) is 0 Å². The van der Waals surface area contributed by atoms with Crippen LogP contribution in [-0.2, 0) is 9.47 Å². The first kappa shape index (κ1) is 17.0. The van der Waals surface area contributed by atoms with Crippen LogP contribution in [-0.4, -0.2) is 23.2 Å². The summed E-state index contributed by atoms with van der Waals surface area (Å²) in [5.74, 6) is 0. The highest BCUT2D eigenvalue weighted by atomic mass is 32.2. The van der Waals surface area contributed by atoms with E-state index in [0.29, 0.717) is 23.1 Å². The van der Waals surface area contributed by atoms with E-state index in [1.807, 2.05) is 19.9 Å². The molecule has 5 nitrogen and oxygen atoms in total. The standard InChI is InChI=1S/C15H17NO4S2/c1-3-18-15(19-4-2)22-14(21)16-11-6-7-12-10(9-11)5-8-13(17)20-12/h5-9,15H,3-4H2,1-2H3,(H,16,21). The highest BCUT2D eigenvalue weighted by molar-refractivity contribution is 8.23. The van der Waals surface area contributed by atoms with Gasteiger partial charge in [-0.1, -0.05) is 12.2 Å². The summed E-state index contributed by atoms with van der Waals surface area (Å²) in [5, 5.41) is 3.93. The first-order chi connectivity index (χ1) is 10.6. The molecular formula is C15H17NO4S2. The zero-order valence-corrected chi connectivity index (χ0v) is 14.0. The van der Waals surface area contributed by atoms with E-state index >= 15 is 0 Å². The Bertz CT molecular complexity index is 695. The van der Waals surface area contributed by atoms with Crippen molar-refractivity contribution in [2.75, 3.05) is 18.5 Å². The lowest BCUT2D eigenvalue weighted by Crippen LogP contribution is -2.18. The van der Waals surface area contributed by atoms with Gasteiger partial charge in [0.25, 0.3) is 0 Å². The number of rotatable bonds is 6. The average Bonchev–Trinajstić information content (AvgIpc) is 2.48. The van der Waals surface area contributed by atoms with Crippen molar-refractivity contribution in [2.24, 2.45) is 0 Å². The molecule has 0 fully saturated rings. The van der Waals surface area contributed by atoms with Gasteiger partial charge in [-0.05, 0) is 49.9 Å². The van der Waals surface area contributed by atoms with Crippen molar-refractivity contribution in [1.82, 2.24) is 0 Å². The number of hydrogen-bond acceptors (Lipinski definition) is 6. The second-order valence-corrected chi connectivity index (χ2v) is 5.93. The number of nitrogens with one attached hydrogen (secondary N) is 1. The lowest BCUT2D eigenvalue weighted by atomic mass is 10.2. The van der Waals surface area contributed by atoms with Crippen molar-refractivity contribution in [1.29, 1.82) is 0 Å². The van der Waals surface area contributed by atoms with Gasteiger partial charge in [0.1, 0.15) is 9.90 Å². The fourth-order valence-electron chi connectivity index (χ4n) is 1.77. The van der Waals surface area contributed by atoms with Gasteiger partial charge >= 0.3 is 5.63 Å². The number of thiocarbonyl (C=S) groups is 1. The largest absolute Gasteiger partial charge is 0.423 e. The summed E-state index contributed by atoms with van der Waals surface area (Å²) < 4.78 is 16.5. The van der Waals surface area contributed by atoms with Crippen molar-refractivity contribution >= 4 is 45.0 Å². The van der Waals surface area contributed by atoms with E-state index in [4.69, 9.17) is 26.1 Å². The molecule has 0 aliphatic heterocycles. The first-order valence-corrected chi connectivity index (χ1v) is 8.16. The average molecular weight is 339 g/mol. The molecule has 118 valence electrons. The van der Waals surface area contributed by atoms with Crippen LogP contribution in [0.15, 0.2) is 39.5 Å². The zero-order valence-electron chi connectivity index (χ0n) is 12.3. The third-order valence-corrected chi connectivity index (χ3v) is 3.85. The summed E-state index contributed by atoms with van der Waals surface area (Å²) in [6.45, 7) is 4.91. The van der Waals surface area contributed by atoms with Crippen LogP contribution < -0.4 is 10.9 Å². The summed E-state index contributed by atoms with van der Waals surface area (Å²) in [5.41, 5.74) is 0.563. The second kappa shape index (κ2) is 8.28. The maximum atomic E-state index is 11.2.